The average Bonchev–Trinajstić information content (AvgIpc) is 3.25. The highest BCUT2D eigenvalue weighted by molar-refractivity contribution is 5.76. The Bertz CT molecular complexity index is 1110. The third-order valence-electron chi connectivity index (χ3n) is 8.37. The molecule has 2 aromatic rings. The summed E-state index contributed by atoms with van der Waals surface area (Å²) in [7, 11) is 4.23. The number of anilines is 3. The minimum atomic E-state index is -2.70. The van der Waals surface area contributed by atoms with Gasteiger partial charge in [-0.15, -0.1) is 0 Å². The predicted molar refractivity (Wildman–Crippen MR) is 142 cm³/mol. The van der Waals surface area contributed by atoms with Crippen LogP contribution in [-0.4, -0.2) is 99.3 Å². The Kier molecular flexibility index (Phi) is 8.08. The molecule has 2 unspecified atom stereocenters. The molecule has 3 aliphatic rings. The molecular weight excluding hydrogens is 492 g/mol. The van der Waals surface area contributed by atoms with Gasteiger partial charge in [0, 0.05) is 63.6 Å². The quantitative estimate of drug-likeness (QED) is 0.476. The molecule has 1 amide bonds. The van der Waals surface area contributed by atoms with Crippen LogP contribution in [0.15, 0.2) is 12.4 Å². The number of carbonyl (C=O) groups excluding carboxylic acids is 1. The van der Waals surface area contributed by atoms with Gasteiger partial charge in [-0.2, -0.15) is 10.1 Å². The van der Waals surface area contributed by atoms with Gasteiger partial charge in [-0.1, -0.05) is 0 Å². The number of rotatable bonds is 9. The van der Waals surface area contributed by atoms with Gasteiger partial charge in [-0.25, -0.2) is 13.8 Å². The number of aromatic nitrogens is 4. The van der Waals surface area contributed by atoms with Crippen LogP contribution in [0.4, 0.5) is 26.2 Å². The molecule has 2 bridgehead atoms. The number of amides is 1. The van der Waals surface area contributed by atoms with Crippen molar-refractivity contribution in [2.24, 2.45) is 0 Å². The van der Waals surface area contributed by atoms with Crippen LogP contribution in [0.5, 0.6) is 0 Å². The van der Waals surface area contributed by atoms with Crippen molar-refractivity contribution >= 4 is 23.4 Å². The SMILES string of the molecule is Cc1nn(C2CC3CCC(C2)N3C)cc1Nc1ncc(C(F)F)c(NCCCN2CCN(C)CCC2=O)n1. The van der Waals surface area contributed by atoms with Crippen LogP contribution in [0.25, 0.3) is 0 Å². The van der Waals surface area contributed by atoms with Gasteiger partial charge in [0.25, 0.3) is 6.43 Å². The number of nitrogens with one attached hydrogen (secondary N) is 2. The van der Waals surface area contributed by atoms with Crippen LogP contribution in [0, 0.1) is 6.92 Å². The van der Waals surface area contributed by atoms with Gasteiger partial charge >= 0.3 is 0 Å². The molecule has 5 heterocycles. The lowest BCUT2D eigenvalue weighted by molar-refractivity contribution is -0.130. The van der Waals surface area contributed by atoms with Gasteiger partial charge in [0.1, 0.15) is 5.82 Å². The van der Waals surface area contributed by atoms with Gasteiger partial charge < -0.3 is 25.3 Å². The number of fused-ring (bicyclic) bond motifs is 2. The van der Waals surface area contributed by atoms with Gasteiger partial charge in [-0.05, 0) is 53.1 Å². The first-order valence-corrected chi connectivity index (χ1v) is 13.7. The topological polar surface area (TPSA) is 94.5 Å². The van der Waals surface area contributed by atoms with Crippen LogP contribution in [0.2, 0.25) is 0 Å². The largest absolute Gasteiger partial charge is 0.369 e. The summed E-state index contributed by atoms with van der Waals surface area (Å²) in [5, 5.41) is 11.0. The number of carbonyl (C=O) groups is 1. The van der Waals surface area contributed by atoms with Crippen LogP contribution in [0.3, 0.4) is 0 Å². The minimum Gasteiger partial charge on any atom is -0.369 e. The smallest absolute Gasteiger partial charge is 0.268 e. The summed E-state index contributed by atoms with van der Waals surface area (Å²) in [5.74, 6) is 0.491. The molecule has 3 aliphatic heterocycles. The lowest BCUT2D eigenvalue weighted by Crippen LogP contribution is -2.40. The van der Waals surface area contributed by atoms with E-state index in [1.54, 1.807) is 0 Å². The maximum absolute atomic E-state index is 13.7. The van der Waals surface area contributed by atoms with Crippen molar-refractivity contribution in [3.05, 3.63) is 23.7 Å². The Balaban J connectivity index is 1.21. The number of alkyl halides is 2. The van der Waals surface area contributed by atoms with Crippen molar-refractivity contribution in [2.75, 3.05) is 57.5 Å². The second kappa shape index (κ2) is 11.5. The van der Waals surface area contributed by atoms with E-state index in [2.05, 4.69) is 37.4 Å². The van der Waals surface area contributed by atoms with Crippen molar-refractivity contribution in [2.45, 2.75) is 70.0 Å². The van der Waals surface area contributed by atoms with Crippen LogP contribution in [0.1, 0.15) is 62.2 Å². The van der Waals surface area contributed by atoms with Crippen molar-refractivity contribution < 1.29 is 13.6 Å². The maximum Gasteiger partial charge on any atom is 0.268 e. The zero-order valence-electron chi connectivity index (χ0n) is 22.5. The first kappa shape index (κ1) is 26.7. The summed E-state index contributed by atoms with van der Waals surface area (Å²) in [6, 6.07) is 1.57. The molecule has 2 aromatic heterocycles. The molecule has 2 atom stereocenters. The van der Waals surface area contributed by atoms with E-state index in [9.17, 15) is 13.6 Å². The van der Waals surface area contributed by atoms with Crippen molar-refractivity contribution in [3.63, 3.8) is 0 Å². The number of likely N-dealkylation sites (N-methyl/N-ethyl adjacent to an activating group) is 1. The van der Waals surface area contributed by atoms with E-state index in [0.29, 0.717) is 50.6 Å². The first-order valence-electron chi connectivity index (χ1n) is 13.7. The molecule has 0 spiro atoms. The van der Waals surface area contributed by atoms with Gasteiger partial charge in [0.2, 0.25) is 11.9 Å². The number of aryl methyl sites for hydroxylation is 1. The first-order chi connectivity index (χ1) is 18.3. The summed E-state index contributed by atoms with van der Waals surface area (Å²) < 4.78 is 29.4. The average molecular weight is 532 g/mol. The fourth-order valence-corrected chi connectivity index (χ4v) is 5.95. The Hall–Kier alpha value is -2.86. The molecule has 5 rings (SSSR count). The molecule has 208 valence electrons. The van der Waals surface area contributed by atoms with Gasteiger partial charge in [0.15, 0.2) is 0 Å². The summed E-state index contributed by atoms with van der Waals surface area (Å²) in [5.41, 5.74) is 1.36. The summed E-state index contributed by atoms with van der Waals surface area (Å²) in [4.78, 5) is 27.3. The Labute approximate surface area is 222 Å². The van der Waals surface area contributed by atoms with Crippen LogP contribution >= 0.6 is 0 Å². The maximum atomic E-state index is 13.7. The lowest BCUT2D eigenvalue weighted by Gasteiger charge is -2.36. The second-order valence-corrected chi connectivity index (χ2v) is 10.9. The molecular formula is C26H39F2N9O. The number of piperidine rings is 1. The normalized spacial score (nSPS) is 24.7. The van der Waals surface area contributed by atoms with Crippen LogP contribution < -0.4 is 10.6 Å². The van der Waals surface area contributed by atoms with E-state index >= 15 is 0 Å². The Morgan fingerprint density at radius 1 is 1.11 bits per heavy atom. The zero-order chi connectivity index (χ0) is 26.8. The van der Waals surface area contributed by atoms with E-state index in [4.69, 9.17) is 5.10 Å². The van der Waals surface area contributed by atoms with Gasteiger partial charge in [-0.3, -0.25) is 9.48 Å². The molecule has 10 nitrogen and oxygen atoms in total. The molecule has 0 radical (unpaired) electrons. The highest BCUT2D eigenvalue weighted by atomic mass is 19.3. The van der Waals surface area contributed by atoms with Crippen molar-refractivity contribution in [3.8, 4) is 0 Å². The van der Waals surface area contributed by atoms with E-state index in [0.717, 1.165) is 37.3 Å². The van der Waals surface area contributed by atoms with Crippen LogP contribution in [-0.2, 0) is 4.79 Å². The molecule has 0 aromatic carbocycles. The third kappa shape index (κ3) is 5.90. The predicted octanol–water partition coefficient (Wildman–Crippen LogP) is 3.43. The van der Waals surface area contributed by atoms with Crippen molar-refractivity contribution in [1.29, 1.82) is 0 Å². The fraction of sp³-hybridized carbons (Fsp3) is 0.692. The fourth-order valence-electron chi connectivity index (χ4n) is 5.95. The second-order valence-electron chi connectivity index (χ2n) is 10.9. The third-order valence-corrected chi connectivity index (χ3v) is 8.37. The molecule has 2 N–H and O–H groups in total. The summed E-state index contributed by atoms with van der Waals surface area (Å²) in [6.07, 6.45) is 6.26. The van der Waals surface area contributed by atoms with E-state index < -0.39 is 6.43 Å². The summed E-state index contributed by atoms with van der Waals surface area (Å²) in [6.45, 7) is 5.22. The van der Waals surface area contributed by atoms with E-state index in [1.807, 2.05) is 29.7 Å². The molecule has 0 aliphatic carbocycles. The van der Waals surface area contributed by atoms with E-state index in [1.165, 1.54) is 19.0 Å². The monoisotopic (exact) mass is 531 g/mol. The standard InChI is InChI=1S/C26H39F2N9O/c1-17-22(16-37(33-17)20-13-18-5-6-19(14-20)35(18)3)31-26-30-15-21(24(27)28)25(32-26)29-8-4-9-36-12-11-34(2)10-7-23(36)38/h15-16,18-20,24H,4-14H2,1-3H3,(H2,29,30,31,32). The molecule has 3 saturated heterocycles. The Morgan fingerprint density at radius 3 is 2.61 bits per heavy atom. The zero-order valence-corrected chi connectivity index (χ0v) is 22.5. The summed E-state index contributed by atoms with van der Waals surface area (Å²) >= 11 is 0. The molecule has 12 heteroatoms. The number of hydrogen-bond donors (Lipinski definition) is 2. The number of nitrogens with zero attached hydrogens (tertiary/aromatic N) is 7. The highest BCUT2D eigenvalue weighted by Crippen LogP contribution is 2.40. The Morgan fingerprint density at radius 2 is 1.87 bits per heavy atom. The lowest BCUT2D eigenvalue weighted by atomic mass is 9.98. The number of halogens is 2. The highest BCUT2D eigenvalue weighted by Gasteiger charge is 2.39. The number of hydrogen-bond acceptors (Lipinski definition) is 8. The van der Waals surface area contributed by atoms with E-state index in [-0.39, 0.29) is 23.2 Å². The molecule has 3 fully saturated rings. The molecule has 0 saturated carbocycles. The minimum absolute atomic E-state index is 0.108. The van der Waals surface area contributed by atoms with Gasteiger partial charge in [0.05, 0.1) is 23.0 Å². The molecule has 38 heavy (non-hydrogen) atoms. The van der Waals surface area contributed by atoms with Crippen molar-refractivity contribution in [1.82, 2.24) is 34.4 Å².